The van der Waals surface area contributed by atoms with Gasteiger partial charge >= 0.3 is 114 Å². The molecule has 15 heavy (non-hydrogen) atoms. The summed E-state index contributed by atoms with van der Waals surface area (Å²) >= 11 is 4.79. The van der Waals surface area contributed by atoms with E-state index in [2.05, 4.69) is 32.6 Å². The Morgan fingerprint density at radius 1 is 1.40 bits per heavy atom. The van der Waals surface area contributed by atoms with Crippen LogP contribution < -0.4 is 0 Å². The Labute approximate surface area is 113 Å². The second-order valence-corrected chi connectivity index (χ2v) is 5.91. The number of halogens is 1. The zero-order valence-electron chi connectivity index (χ0n) is 7.48. The van der Waals surface area contributed by atoms with E-state index in [0.717, 1.165) is 36.7 Å². The van der Waals surface area contributed by atoms with Gasteiger partial charge in [-0.2, -0.15) is 0 Å². The van der Waals surface area contributed by atoms with Gasteiger partial charge in [0.2, 0.25) is 0 Å². The standard InChI is InChI=1S/C9H6AsIN2OS/c10-9(14)5-1-7(15-3-5)6-2-8(11)13-4-12-6/h1-4H,10H2. The van der Waals surface area contributed by atoms with Gasteiger partial charge in [-0.1, -0.05) is 0 Å². The number of carbonyl (C=O) groups is 1. The van der Waals surface area contributed by atoms with Crippen LogP contribution in [0.5, 0.6) is 0 Å². The van der Waals surface area contributed by atoms with Gasteiger partial charge in [0, 0.05) is 0 Å². The molecule has 1 atom stereocenters. The number of hydrogen-bond acceptors (Lipinski definition) is 4. The fourth-order valence-electron chi connectivity index (χ4n) is 1.07. The van der Waals surface area contributed by atoms with Crippen molar-refractivity contribution in [3.63, 3.8) is 0 Å². The first-order chi connectivity index (χ1) is 7.16. The molecule has 1 unspecified atom stereocenters. The van der Waals surface area contributed by atoms with E-state index in [4.69, 9.17) is 0 Å². The van der Waals surface area contributed by atoms with Gasteiger partial charge in [0.05, 0.1) is 0 Å². The summed E-state index contributed by atoms with van der Waals surface area (Å²) in [5, 5.41) is 1.87. The van der Waals surface area contributed by atoms with Gasteiger partial charge < -0.3 is 0 Å². The molecule has 0 aliphatic rings. The van der Waals surface area contributed by atoms with Crippen molar-refractivity contribution in [2.45, 2.75) is 0 Å². The summed E-state index contributed by atoms with van der Waals surface area (Å²) in [7, 11) is 0. The molecule has 76 valence electrons. The maximum absolute atomic E-state index is 11.2. The molecule has 0 saturated heterocycles. The Kier molecular flexibility index (Phi) is 3.53. The van der Waals surface area contributed by atoms with E-state index in [0.29, 0.717) is 0 Å². The number of hydrogen-bond donors (Lipinski definition) is 0. The summed E-state index contributed by atoms with van der Waals surface area (Å²) in [6.45, 7) is 0. The van der Waals surface area contributed by atoms with Crippen LogP contribution in [0.1, 0.15) is 10.4 Å². The van der Waals surface area contributed by atoms with Crippen molar-refractivity contribution < 1.29 is 4.79 Å². The molecule has 0 aromatic carbocycles. The second-order valence-electron chi connectivity index (χ2n) is 2.79. The van der Waals surface area contributed by atoms with E-state index >= 15 is 0 Å². The third-order valence-electron chi connectivity index (χ3n) is 1.77. The molecule has 0 bridgehead atoms. The van der Waals surface area contributed by atoms with Gasteiger partial charge in [0.25, 0.3) is 0 Å². The first kappa shape index (κ1) is 11.2. The molecule has 2 rings (SSSR count). The molecule has 0 saturated carbocycles. The van der Waals surface area contributed by atoms with Crippen molar-refractivity contribution in [2.24, 2.45) is 0 Å². The van der Waals surface area contributed by atoms with E-state index in [-0.39, 0.29) is 4.57 Å². The molecule has 3 nitrogen and oxygen atoms in total. The first-order valence-electron chi connectivity index (χ1n) is 4.03. The van der Waals surface area contributed by atoms with Crippen LogP contribution in [0.2, 0.25) is 0 Å². The Bertz CT molecular complexity index is 514. The second kappa shape index (κ2) is 4.72. The van der Waals surface area contributed by atoms with Gasteiger partial charge in [-0.25, -0.2) is 0 Å². The van der Waals surface area contributed by atoms with Crippen molar-refractivity contribution in [1.82, 2.24) is 9.97 Å². The zero-order valence-corrected chi connectivity index (χ0v) is 12.9. The molecule has 0 aliphatic carbocycles. The summed E-state index contributed by atoms with van der Waals surface area (Å²) in [4.78, 5) is 20.4. The fourth-order valence-corrected chi connectivity index (χ4v) is 2.96. The van der Waals surface area contributed by atoms with Crippen LogP contribution in [-0.2, 0) is 0 Å². The number of aromatic nitrogens is 2. The first-order valence-corrected chi connectivity index (χ1v) is 7.20. The van der Waals surface area contributed by atoms with E-state index in [9.17, 15) is 4.79 Å². The van der Waals surface area contributed by atoms with Crippen LogP contribution >= 0.6 is 33.9 Å². The van der Waals surface area contributed by atoms with E-state index < -0.39 is 0 Å². The van der Waals surface area contributed by atoms with E-state index in [1.165, 1.54) is 17.7 Å². The number of thiophene rings is 1. The summed E-state index contributed by atoms with van der Waals surface area (Å²) in [6, 6.07) is 3.79. The van der Waals surface area contributed by atoms with Crippen molar-refractivity contribution in [3.8, 4) is 10.6 Å². The van der Waals surface area contributed by atoms with Gasteiger partial charge in [-0.05, 0) is 0 Å². The number of carbonyl (C=O) groups excluding carboxylic acids is 1. The van der Waals surface area contributed by atoms with Crippen LogP contribution in [0.15, 0.2) is 23.8 Å². The predicted molar refractivity (Wildman–Crippen MR) is 70.9 cm³/mol. The Balaban J connectivity index is 2.41. The molecule has 0 N–H and O–H groups in total. The Morgan fingerprint density at radius 3 is 2.80 bits per heavy atom. The summed E-state index contributed by atoms with van der Waals surface area (Å²) in [6.07, 6.45) is 1.54. The van der Waals surface area contributed by atoms with Gasteiger partial charge in [-0.15, -0.1) is 0 Å². The fraction of sp³-hybridized carbons (Fsp3) is 0. The van der Waals surface area contributed by atoms with Crippen molar-refractivity contribution in [1.29, 1.82) is 0 Å². The van der Waals surface area contributed by atoms with Crippen molar-refractivity contribution >= 4 is 55.4 Å². The van der Waals surface area contributed by atoms with E-state index in [1.54, 1.807) is 0 Å². The summed E-state index contributed by atoms with van der Waals surface area (Å²) < 4.78 is 1.05. The average molecular weight is 392 g/mol. The zero-order chi connectivity index (χ0) is 10.8. The van der Waals surface area contributed by atoms with Crippen molar-refractivity contribution in [3.05, 3.63) is 33.1 Å². The van der Waals surface area contributed by atoms with Crippen molar-refractivity contribution in [2.75, 3.05) is 0 Å². The normalized spacial score (nSPS) is 10.3. The maximum atomic E-state index is 11.2. The van der Waals surface area contributed by atoms with Crippen LogP contribution in [-0.4, -0.2) is 31.4 Å². The molecule has 0 fully saturated rings. The molecule has 2 aromatic rings. The minimum absolute atomic E-state index is 0.147. The molecule has 0 aliphatic heterocycles. The molecular weight excluding hydrogens is 386 g/mol. The van der Waals surface area contributed by atoms with Crippen LogP contribution in [0, 0.1) is 3.70 Å². The molecule has 0 amide bonds. The molecule has 0 spiro atoms. The SMILES string of the molecule is O=C([AsH2])c1csc(-c2cc(I)ncn2)c1. The third-order valence-corrected chi connectivity index (χ3v) is 4.01. The predicted octanol–water partition coefficient (Wildman–Crippen LogP) is 1.58. The Morgan fingerprint density at radius 2 is 2.20 bits per heavy atom. The van der Waals surface area contributed by atoms with E-state index in [1.807, 2.05) is 17.5 Å². The molecule has 2 heterocycles. The molecule has 6 heteroatoms. The molecule has 0 radical (unpaired) electrons. The number of rotatable bonds is 2. The van der Waals surface area contributed by atoms with Crippen LogP contribution in [0.4, 0.5) is 0 Å². The quantitative estimate of drug-likeness (QED) is 0.443. The Hall–Kier alpha value is -0.262. The van der Waals surface area contributed by atoms with Crippen LogP contribution in [0.25, 0.3) is 10.6 Å². The monoisotopic (exact) mass is 392 g/mol. The third kappa shape index (κ3) is 2.65. The minimum atomic E-state index is 0.147. The van der Waals surface area contributed by atoms with Gasteiger partial charge in [-0.3, -0.25) is 0 Å². The number of nitrogens with zero attached hydrogens (tertiary/aromatic N) is 2. The summed E-state index contributed by atoms with van der Waals surface area (Å²) in [5.74, 6) is 0. The summed E-state index contributed by atoms with van der Waals surface area (Å²) in [5.41, 5.74) is 1.64. The average Bonchev–Trinajstić information content (AvgIpc) is 2.66. The molecular formula is C9H6AsIN2OS. The van der Waals surface area contributed by atoms with Gasteiger partial charge in [0.15, 0.2) is 0 Å². The van der Waals surface area contributed by atoms with Gasteiger partial charge in [0.1, 0.15) is 0 Å². The van der Waals surface area contributed by atoms with Crippen LogP contribution in [0.3, 0.4) is 0 Å². The topological polar surface area (TPSA) is 42.9 Å². The molecule has 2 aromatic heterocycles.